The van der Waals surface area contributed by atoms with Gasteiger partial charge in [0.15, 0.2) is 11.9 Å². The summed E-state index contributed by atoms with van der Waals surface area (Å²) in [5, 5.41) is 4.86. The quantitative estimate of drug-likeness (QED) is 0.411. The first-order valence-corrected chi connectivity index (χ1v) is 11.4. The highest BCUT2D eigenvalue weighted by atomic mass is 35.5. The van der Waals surface area contributed by atoms with Crippen LogP contribution in [0.5, 0.6) is 0 Å². The second kappa shape index (κ2) is 9.70. The van der Waals surface area contributed by atoms with E-state index in [0.29, 0.717) is 0 Å². The zero-order valence-electron chi connectivity index (χ0n) is 18.3. The van der Waals surface area contributed by atoms with Crippen LogP contribution in [0.15, 0.2) is 35.5 Å². The zero-order valence-corrected chi connectivity index (χ0v) is 20.5. The minimum Gasteiger partial charge on any atom is -0.374 e. The molecule has 0 radical (unpaired) electrons. The summed E-state index contributed by atoms with van der Waals surface area (Å²) >= 11 is 17.6. The molecule has 2 amide bonds. The molecule has 0 aliphatic carbocycles. The highest BCUT2D eigenvalue weighted by Gasteiger charge is 2.62. The maximum Gasteiger partial charge on any atom is 0.435 e. The summed E-state index contributed by atoms with van der Waals surface area (Å²) < 4.78 is 61.6. The van der Waals surface area contributed by atoms with Crippen molar-refractivity contribution in [3.05, 3.63) is 67.9 Å². The lowest BCUT2D eigenvalue weighted by Gasteiger charge is -2.29. The number of carbonyl (C=O) groups is 2. The lowest BCUT2D eigenvalue weighted by atomic mass is 9.86. The molecule has 2 aromatic rings. The fourth-order valence-electron chi connectivity index (χ4n) is 3.74. The number of carbonyl (C=O) groups excluding carboxylic acids is 2. The van der Waals surface area contributed by atoms with Crippen LogP contribution in [0.25, 0.3) is 0 Å². The van der Waals surface area contributed by atoms with E-state index in [2.05, 4.69) is 10.5 Å². The van der Waals surface area contributed by atoms with Gasteiger partial charge in [-0.1, -0.05) is 46.0 Å². The number of halogens is 7. The van der Waals surface area contributed by atoms with Gasteiger partial charge in [-0.25, -0.2) is 4.39 Å². The summed E-state index contributed by atoms with van der Waals surface area (Å²) in [6.45, 7) is 0.0201. The highest BCUT2D eigenvalue weighted by molar-refractivity contribution is 6.35. The molecule has 1 N–H and O–H groups in total. The van der Waals surface area contributed by atoms with Gasteiger partial charge in [0.05, 0.1) is 32.9 Å². The van der Waals surface area contributed by atoms with Crippen molar-refractivity contribution < 1.29 is 36.7 Å². The van der Waals surface area contributed by atoms with Gasteiger partial charge in [-0.2, -0.15) is 13.2 Å². The molecule has 2 aromatic carbocycles. The van der Waals surface area contributed by atoms with Crippen LogP contribution in [0.2, 0.25) is 15.1 Å². The topological polar surface area (TPSA) is 80.2 Å². The first kappa shape index (κ1) is 26.5. The predicted octanol–water partition coefficient (Wildman–Crippen LogP) is 4.91. The van der Waals surface area contributed by atoms with E-state index in [1.54, 1.807) is 7.05 Å². The first-order chi connectivity index (χ1) is 16.8. The van der Waals surface area contributed by atoms with Crippen molar-refractivity contribution in [2.45, 2.75) is 24.3 Å². The fourth-order valence-corrected chi connectivity index (χ4v) is 4.49. The van der Waals surface area contributed by atoms with E-state index in [4.69, 9.17) is 44.4 Å². The molecule has 14 heteroatoms. The Morgan fingerprint density at radius 3 is 2.42 bits per heavy atom. The monoisotopic (exact) mass is 567 g/mol. The molecule has 4 rings (SSSR count). The number of nitrogens with zero attached hydrogens (tertiary/aromatic N) is 2. The van der Waals surface area contributed by atoms with Crippen LogP contribution in [0.4, 0.5) is 17.6 Å². The lowest BCUT2D eigenvalue weighted by Crippen LogP contribution is -2.42. The van der Waals surface area contributed by atoms with Crippen LogP contribution < -0.4 is 5.32 Å². The Morgan fingerprint density at radius 1 is 1.19 bits per heavy atom. The average molecular weight is 569 g/mol. The Labute approximate surface area is 216 Å². The van der Waals surface area contributed by atoms with E-state index in [1.165, 1.54) is 23.1 Å². The third kappa shape index (κ3) is 4.72. The number of hydrogen-bond donors (Lipinski definition) is 1. The van der Waals surface area contributed by atoms with E-state index in [9.17, 15) is 27.2 Å². The van der Waals surface area contributed by atoms with Gasteiger partial charge in [-0.05, 0) is 24.3 Å². The molecule has 2 aliphatic heterocycles. The summed E-state index contributed by atoms with van der Waals surface area (Å²) in [5.41, 5.74) is -3.42. The number of hydrogen-bond acceptors (Lipinski definition) is 5. The van der Waals surface area contributed by atoms with Gasteiger partial charge < -0.3 is 19.8 Å². The molecule has 0 spiro atoms. The molecule has 2 heterocycles. The molecular formula is C22H16Cl3F4N3O4. The van der Waals surface area contributed by atoms with Gasteiger partial charge in [0.2, 0.25) is 0 Å². The summed E-state index contributed by atoms with van der Waals surface area (Å²) in [6.07, 6.45) is -6.59. The molecule has 0 aromatic heterocycles. The molecule has 36 heavy (non-hydrogen) atoms. The minimum absolute atomic E-state index is 0.0258. The number of nitrogens with one attached hydrogen (secondary N) is 1. The Bertz CT molecular complexity index is 1250. The molecular weight excluding hydrogens is 553 g/mol. The minimum atomic E-state index is -4.97. The van der Waals surface area contributed by atoms with Crippen LogP contribution in [0.3, 0.4) is 0 Å². The zero-order chi connectivity index (χ0) is 26.4. The van der Waals surface area contributed by atoms with E-state index >= 15 is 0 Å². The number of benzene rings is 2. The number of likely N-dealkylation sites (N-methyl/N-ethyl adjacent to an activating group) is 1. The van der Waals surface area contributed by atoms with Crippen LogP contribution >= 0.6 is 34.8 Å². The molecule has 0 saturated carbocycles. The summed E-state index contributed by atoms with van der Waals surface area (Å²) in [4.78, 5) is 30.6. The van der Waals surface area contributed by atoms with Crippen molar-refractivity contribution in [1.82, 2.24) is 10.2 Å². The number of amides is 2. The van der Waals surface area contributed by atoms with Gasteiger partial charge in [0.1, 0.15) is 6.73 Å². The van der Waals surface area contributed by atoms with Crippen LogP contribution in [-0.2, 0) is 20.0 Å². The van der Waals surface area contributed by atoms with E-state index < -0.39 is 51.6 Å². The predicted molar refractivity (Wildman–Crippen MR) is 123 cm³/mol. The molecule has 192 valence electrons. The maximum absolute atomic E-state index is 14.2. The number of oxime groups is 1. The Morgan fingerprint density at radius 2 is 1.86 bits per heavy atom. The lowest BCUT2D eigenvalue weighted by molar-refractivity contribution is -0.275. The van der Waals surface area contributed by atoms with Crippen molar-refractivity contribution in [2.24, 2.45) is 5.16 Å². The van der Waals surface area contributed by atoms with Gasteiger partial charge in [0, 0.05) is 24.6 Å². The second-order valence-electron chi connectivity index (χ2n) is 8.11. The third-order valence-corrected chi connectivity index (χ3v) is 6.61. The largest absolute Gasteiger partial charge is 0.435 e. The van der Waals surface area contributed by atoms with Crippen LogP contribution in [0.1, 0.15) is 27.9 Å². The Kier molecular flexibility index (Phi) is 7.13. The summed E-state index contributed by atoms with van der Waals surface area (Å²) in [7, 11) is 1.56. The smallest absolute Gasteiger partial charge is 0.374 e. The molecule has 1 saturated heterocycles. The van der Waals surface area contributed by atoms with Crippen molar-refractivity contribution >= 4 is 52.3 Å². The molecule has 0 bridgehead atoms. The van der Waals surface area contributed by atoms with E-state index in [1.807, 2.05) is 0 Å². The van der Waals surface area contributed by atoms with Crippen molar-refractivity contribution in [1.29, 1.82) is 0 Å². The van der Waals surface area contributed by atoms with Crippen LogP contribution in [0, 0.1) is 5.82 Å². The first-order valence-electron chi connectivity index (χ1n) is 10.3. The van der Waals surface area contributed by atoms with Gasteiger partial charge in [0.25, 0.3) is 17.4 Å². The Hall–Kier alpha value is -2.60. The number of alkyl halides is 3. The molecule has 2 aliphatic rings. The number of ether oxygens (including phenoxy) is 1. The second-order valence-corrected chi connectivity index (χ2v) is 9.33. The van der Waals surface area contributed by atoms with Crippen molar-refractivity contribution in [2.75, 3.05) is 20.3 Å². The standard InChI is InChI=1S/C22H16Cl3F4N3O4/c1-32-9-35-17(20(32)34)8-30-19(33)12-3-2-10(4-13(12)23)16-7-21(36-31-16,22(27,28)29)11-5-14(24)18(26)15(25)6-11/h2-6,17H,7-9H2,1H3,(H,30,33). The third-order valence-electron chi connectivity index (χ3n) is 5.75. The molecule has 1 fully saturated rings. The summed E-state index contributed by atoms with van der Waals surface area (Å²) in [5.74, 6) is -1.95. The molecule has 7 nitrogen and oxygen atoms in total. The van der Waals surface area contributed by atoms with Gasteiger partial charge in [-0.15, -0.1) is 0 Å². The highest BCUT2D eigenvalue weighted by Crippen LogP contribution is 2.50. The SMILES string of the molecule is CN1COC(CNC(=O)c2ccc(C3=NOC(c4cc(Cl)c(F)c(Cl)c4)(C(F)(F)F)C3)cc2Cl)C1=O. The number of rotatable bonds is 5. The molecule has 2 unspecified atom stereocenters. The van der Waals surface area contributed by atoms with Crippen molar-refractivity contribution in [3.63, 3.8) is 0 Å². The Balaban J connectivity index is 1.54. The van der Waals surface area contributed by atoms with E-state index in [0.717, 1.165) is 12.1 Å². The van der Waals surface area contributed by atoms with Gasteiger partial charge >= 0.3 is 6.18 Å². The normalized spacial score (nSPS) is 22.0. The maximum atomic E-state index is 14.2. The van der Waals surface area contributed by atoms with Gasteiger partial charge in [-0.3, -0.25) is 9.59 Å². The van der Waals surface area contributed by atoms with Crippen LogP contribution in [-0.4, -0.2) is 55.0 Å². The fraction of sp³-hybridized carbons (Fsp3) is 0.318. The van der Waals surface area contributed by atoms with E-state index in [-0.39, 0.29) is 41.0 Å². The molecule has 2 atom stereocenters. The summed E-state index contributed by atoms with van der Waals surface area (Å²) in [6, 6.07) is 5.49. The van der Waals surface area contributed by atoms with Crippen molar-refractivity contribution in [3.8, 4) is 0 Å². The average Bonchev–Trinajstić information content (AvgIpc) is 3.40.